The molecule has 0 bridgehead atoms. The molecule has 10 heteroatoms. The summed E-state index contributed by atoms with van der Waals surface area (Å²) in [5, 5.41) is 12.7. The molecule has 1 N–H and O–H groups in total. The van der Waals surface area contributed by atoms with E-state index in [1.165, 1.54) is 4.90 Å². The lowest BCUT2D eigenvalue weighted by Crippen LogP contribution is -2.51. The molecule has 0 aromatic heterocycles. The van der Waals surface area contributed by atoms with E-state index in [9.17, 15) is 13.2 Å². The van der Waals surface area contributed by atoms with Gasteiger partial charge in [0, 0.05) is 31.2 Å². The molecule has 8 nitrogen and oxygen atoms in total. The van der Waals surface area contributed by atoms with Crippen molar-refractivity contribution in [3.8, 4) is 6.07 Å². The van der Waals surface area contributed by atoms with Gasteiger partial charge < -0.3 is 10.2 Å². The first-order chi connectivity index (χ1) is 17.4. The van der Waals surface area contributed by atoms with Crippen molar-refractivity contribution in [2.45, 2.75) is 18.0 Å². The van der Waals surface area contributed by atoms with Gasteiger partial charge in [-0.15, -0.1) is 0 Å². The van der Waals surface area contributed by atoms with Gasteiger partial charge in [0.15, 0.2) is 0 Å². The van der Waals surface area contributed by atoms with Crippen LogP contribution >= 0.6 is 11.6 Å². The van der Waals surface area contributed by atoms with Crippen LogP contribution in [0.4, 0.5) is 16.2 Å². The number of nitrogens with one attached hydrogen (secondary N) is 1. The molecule has 2 amide bonds. The van der Waals surface area contributed by atoms with Crippen molar-refractivity contribution in [3.05, 3.63) is 88.4 Å². The second kappa shape index (κ2) is 9.82. The minimum atomic E-state index is -4.21. The predicted octanol–water partition coefficient (Wildman–Crippen LogP) is 3.95. The van der Waals surface area contributed by atoms with Crippen LogP contribution in [0.15, 0.2) is 71.6 Å². The summed E-state index contributed by atoms with van der Waals surface area (Å²) in [6.45, 7) is 2.69. The highest BCUT2D eigenvalue weighted by molar-refractivity contribution is 7.90. The molecule has 3 aromatic rings. The van der Waals surface area contributed by atoms with Crippen LogP contribution in [-0.4, -0.2) is 44.9 Å². The third-order valence-electron chi connectivity index (χ3n) is 6.35. The van der Waals surface area contributed by atoms with Crippen molar-refractivity contribution in [2.75, 3.05) is 36.0 Å². The number of anilines is 2. The fourth-order valence-corrected chi connectivity index (χ4v) is 6.48. The Balaban J connectivity index is 1.65. The van der Waals surface area contributed by atoms with Crippen molar-refractivity contribution in [2.24, 2.45) is 0 Å². The molecule has 0 saturated carbocycles. The number of rotatable bonds is 5. The highest BCUT2D eigenvalue weighted by atomic mass is 35.5. The number of urea groups is 1. The van der Waals surface area contributed by atoms with E-state index < -0.39 is 16.1 Å². The van der Waals surface area contributed by atoms with Gasteiger partial charge in [-0.3, -0.25) is 4.90 Å². The smallest absolute Gasteiger partial charge is 0.339 e. The van der Waals surface area contributed by atoms with Gasteiger partial charge in [-0.05, 0) is 35.4 Å². The maximum Gasteiger partial charge on any atom is 0.339 e. The molecular formula is C26H24ClN5O3S. The van der Waals surface area contributed by atoms with E-state index in [1.807, 2.05) is 41.3 Å². The summed E-state index contributed by atoms with van der Waals surface area (Å²) in [5.74, 6) is 0. The molecule has 0 atom stereocenters. The van der Waals surface area contributed by atoms with Gasteiger partial charge in [-0.2, -0.15) is 5.26 Å². The van der Waals surface area contributed by atoms with Crippen LogP contribution in [0, 0.1) is 11.3 Å². The van der Waals surface area contributed by atoms with Gasteiger partial charge >= 0.3 is 6.03 Å². The number of nitriles is 1. The van der Waals surface area contributed by atoms with Crippen LogP contribution in [0.25, 0.3) is 0 Å². The van der Waals surface area contributed by atoms with Crippen molar-refractivity contribution in [1.82, 2.24) is 9.62 Å². The monoisotopic (exact) mass is 521 g/mol. The molecule has 0 radical (unpaired) electrons. The van der Waals surface area contributed by atoms with E-state index in [0.29, 0.717) is 48.0 Å². The lowest BCUT2D eigenvalue weighted by molar-refractivity contribution is 0.226. The SMILES string of the molecule is N#Cc1ccc(CN2C(=O)N(Cc3ccccc3)c3cc(Cl)cc(N4CCNCC4)c3S2(=O)=O)cc1. The maximum atomic E-state index is 14.1. The number of benzene rings is 3. The van der Waals surface area contributed by atoms with Gasteiger partial charge in [-0.25, -0.2) is 17.5 Å². The van der Waals surface area contributed by atoms with E-state index in [-0.39, 0.29) is 23.7 Å². The quantitative estimate of drug-likeness (QED) is 0.546. The van der Waals surface area contributed by atoms with Gasteiger partial charge in [0.2, 0.25) is 0 Å². The number of nitrogens with zero attached hydrogens (tertiary/aromatic N) is 4. The van der Waals surface area contributed by atoms with E-state index in [2.05, 4.69) is 5.32 Å². The molecule has 0 aliphatic carbocycles. The Labute approximate surface area is 215 Å². The summed E-state index contributed by atoms with van der Waals surface area (Å²) in [6, 6.07) is 20.6. The zero-order valence-electron chi connectivity index (χ0n) is 19.4. The second-order valence-electron chi connectivity index (χ2n) is 8.68. The molecule has 2 aliphatic heterocycles. The summed E-state index contributed by atoms with van der Waals surface area (Å²) in [7, 11) is -4.21. The summed E-state index contributed by atoms with van der Waals surface area (Å²) in [5.41, 5.74) is 2.69. The van der Waals surface area contributed by atoms with Gasteiger partial charge in [0.05, 0.1) is 36.1 Å². The minimum Gasteiger partial charge on any atom is -0.368 e. The number of halogens is 1. The van der Waals surface area contributed by atoms with E-state index in [0.717, 1.165) is 9.87 Å². The zero-order valence-corrected chi connectivity index (χ0v) is 21.0. The highest BCUT2D eigenvalue weighted by Gasteiger charge is 2.44. The summed E-state index contributed by atoms with van der Waals surface area (Å²) < 4.78 is 29.0. The Kier molecular flexibility index (Phi) is 6.58. The van der Waals surface area contributed by atoms with Crippen molar-refractivity contribution in [3.63, 3.8) is 0 Å². The highest BCUT2D eigenvalue weighted by Crippen LogP contribution is 2.44. The first-order valence-corrected chi connectivity index (χ1v) is 13.4. The Morgan fingerprint density at radius 3 is 2.22 bits per heavy atom. The van der Waals surface area contributed by atoms with Crippen molar-refractivity contribution >= 4 is 39.0 Å². The second-order valence-corrected chi connectivity index (χ2v) is 10.9. The number of hydrogen-bond donors (Lipinski definition) is 1. The Morgan fingerprint density at radius 2 is 1.56 bits per heavy atom. The topological polar surface area (TPSA) is 96.8 Å². The predicted molar refractivity (Wildman–Crippen MR) is 138 cm³/mol. The van der Waals surface area contributed by atoms with E-state index in [1.54, 1.807) is 36.4 Å². The van der Waals surface area contributed by atoms with Crippen LogP contribution in [-0.2, 0) is 23.1 Å². The summed E-state index contributed by atoms with van der Waals surface area (Å²) >= 11 is 6.49. The third-order valence-corrected chi connectivity index (χ3v) is 8.37. The largest absolute Gasteiger partial charge is 0.368 e. The zero-order chi connectivity index (χ0) is 25.3. The molecule has 2 heterocycles. The van der Waals surface area contributed by atoms with E-state index >= 15 is 0 Å². The Morgan fingerprint density at radius 1 is 0.917 bits per heavy atom. The van der Waals surface area contributed by atoms with Gasteiger partial charge in [0.25, 0.3) is 10.0 Å². The fraction of sp³-hybridized carbons (Fsp3) is 0.231. The van der Waals surface area contributed by atoms with Crippen LogP contribution < -0.4 is 15.1 Å². The molecule has 5 rings (SSSR count). The Hall–Kier alpha value is -3.58. The molecule has 36 heavy (non-hydrogen) atoms. The number of carbonyl (C=O) groups is 1. The number of fused-ring (bicyclic) bond motifs is 1. The standard InChI is InChI=1S/C26H24ClN5O3S/c27-22-14-23(30-12-10-29-11-13-30)25-24(15-22)31(17-20-4-2-1-3-5-20)26(33)32(36(25,34)35)18-21-8-6-19(16-28)7-9-21/h1-9,14-15,29H,10-13,17-18H2. The van der Waals surface area contributed by atoms with Crippen molar-refractivity contribution < 1.29 is 13.2 Å². The average Bonchev–Trinajstić information content (AvgIpc) is 2.90. The lowest BCUT2D eigenvalue weighted by Gasteiger charge is -2.39. The summed E-state index contributed by atoms with van der Waals surface area (Å²) in [6.07, 6.45) is 0. The van der Waals surface area contributed by atoms with Crippen molar-refractivity contribution in [1.29, 1.82) is 5.26 Å². The van der Waals surface area contributed by atoms with Gasteiger partial charge in [-0.1, -0.05) is 54.1 Å². The molecule has 184 valence electrons. The molecule has 1 fully saturated rings. The molecular weight excluding hydrogens is 498 g/mol. The third kappa shape index (κ3) is 4.51. The lowest BCUT2D eigenvalue weighted by atomic mass is 10.1. The molecule has 0 unspecified atom stereocenters. The minimum absolute atomic E-state index is 0.0815. The first-order valence-electron chi connectivity index (χ1n) is 11.5. The van der Waals surface area contributed by atoms with Crippen LogP contribution in [0.3, 0.4) is 0 Å². The number of carbonyl (C=O) groups excluding carboxylic acids is 1. The number of amides is 2. The van der Waals surface area contributed by atoms with Gasteiger partial charge in [0.1, 0.15) is 4.90 Å². The van der Waals surface area contributed by atoms with Crippen LogP contribution in [0.2, 0.25) is 5.02 Å². The molecule has 2 aliphatic rings. The normalized spacial score (nSPS) is 17.0. The summed E-state index contributed by atoms with van der Waals surface area (Å²) in [4.78, 5) is 17.3. The number of sulfonamides is 1. The number of piperazine rings is 1. The molecule has 3 aromatic carbocycles. The van der Waals surface area contributed by atoms with Crippen LogP contribution in [0.5, 0.6) is 0 Å². The Bertz CT molecular complexity index is 1430. The maximum absolute atomic E-state index is 14.1. The fourth-order valence-electron chi connectivity index (χ4n) is 4.54. The molecule has 0 spiro atoms. The van der Waals surface area contributed by atoms with Crippen LogP contribution in [0.1, 0.15) is 16.7 Å². The average molecular weight is 522 g/mol. The first kappa shape index (κ1) is 24.1. The molecule has 1 saturated heterocycles. The van der Waals surface area contributed by atoms with E-state index in [4.69, 9.17) is 16.9 Å². The number of hydrogen-bond acceptors (Lipinski definition) is 6.